The monoisotopic (exact) mass is 473 g/mol. The van der Waals surface area contributed by atoms with Crippen LogP contribution in [0.5, 0.6) is 5.75 Å². The van der Waals surface area contributed by atoms with Gasteiger partial charge in [-0.1, -0.05) is 12.1 Å². The third-order valence-corrected chi connectivity index (χ3v) is 6.62. The molecule has 0 bridgehead atoms. The van der Waals surface area contributed by atoms with E-state index in [-0.39, 0.29) is 21.2 Å². The standard InChI is InChI=1S/C13H10IO.C2H3F3O3S/c1-15-9-6-7-13-11(8-9)10-4-2-3-5-12(10)14-13;3-2(4,5)1-9(6,7)8/h2-8H,1H3;1H2,(H,6,7,8)/q+1;. The Kier molecular flexibility index (Phi) is 5.76. The largest absolute Gasteiger partial charge is 0.497 e. The molecule has 4 nitrogen and oxygen atoms in total. The van der Waals surface area contributed by atoms with E-state index >= 15 is 0 Å². The van der Waals surface area contributed by atoms with Gasteiger partial charge in [-0.05, 0) is 30.3 Å². The minimum absolute atomic E-state index is 0.0291. The quantitative estimate of drug-likeness (QED) is 0.428. The lowest BCUT2D eigenvalue weighted by Gasteiger charge is -2.00. The summed E-state index contributed by atoms with van der Waals surface area (Å²) in [7, 11) is -3.19. The van der Waals surface area contributed by atoms with Crippen LogP contribution < -0.4 is 25.9 Å². The fourth-order valence-corrected chi connectivity index (χ4v) is 5.28. The molecular weight excluding hydrogens is 460 g/mol. The Hall–Kier alpha value is -1.33. The fraction of sp³-hybridized carbons (Fsp3) is 0.200. The molecule has 0 spiro atoms. The molecule has 0 radical (unpaired) electrons. The van der Waals surface area contributed by atoms with Gasteiger partial charge >= 0.3 is 27.4 Å². The molecule has 130 valence electrons. The first-order valence-corrected chi connectivity index (χ1v) is 10.3. The summed E-state index contributed by atoms with van der Waals surface area (Å²) in [6.45, 7) is 0. The van der Waals surface area contributed by atoms with Crippen molar-refractivity contribution in [2.75, 3.05) is 12.9 Å². The van der Waals surface area contributed by atoms with Gasteiger partial charge < -0.3 is 4.74 Å². The Labute approximate surface area is 147 Å². The Balaban J connectivity index is 0.000000202. The van der Waals surface area contributed by atoms with Crippen molar-refractivity contribution in [3.63, 3.8) is 0 Å². The Morgan fingerprint density at radius 3 is 2.25 bits per heavy atom. The number of hydrogen-bond acceptors (Lipinski definition) is 3. The molecule has 0 saturated carbocycles. The number of halogens is 4. The lowest BCUT2D eigenvalue weighted by molar-refractivity contribution is -0.589. The summed E-state index contributed by atoms with van der Waals surface area (Å²) in [5, 5.41) is 0. The zero-order valence-electron chi connectivity index (χ0n) is 12.3. The van der Waals surface area contributed by atoms with Crippen molar-refractivity contribution >= 4 is 10.1 Å². The molecule has 2 aromatic carbocycles. The molecule has 1 heterocycles. The van der Waals surface area contributed by atoms with Crippen molar-refractivity contribution in [3.05, 3.63) is 49.6 Å². The number of fused-ring (bicyclic) bond motifs is 3. The second-order valence-electron chi connectivity index (χ2n) is 4.76. The molecule has 9 heteroatoms. The van der Waals surface area contributed by atoms with Gasteiger partial charge in [0.1, 0.15) is 5.75 Å². The minimum atomic E-state index is -4.91. The van der Waals surface area contributed by atoms with Crippen LogP contribution in [0.3, 0.4) is 0 Å². The van der Waals surface area contributed by atoms with Gasteiger partial charge in [-0.25, -0.2) is 0 Å². The van der Waals surface area contributed by atoms with Crippen LogP contribution in [0.4, 0.5) is 13.2 Å². The third-order valence-electron chi connectivity index (χ3n) is 2.89. The second kappa shape index (κ2) is 7.28. The topological polar surface area (TPSA) is 63.6 Å². The van der Waals surface area contributed by atoms with E-state index in [2.05, 4.69) is 42.5 Å². The lowest BCUT2D eigenvalue weighted by atomic mass is 10.1. The van der Waals surface area contributed by atoms with Crippen LogP contribution in [-0.2, 0) is 10.1 Å². The molecule has 24 heavy (non-hydrogen) atoms. The van der Waals surface area contributed by atoms with Crippen LogP contribution >= 0.6 is 0 Å². The molecule has 0 atom stereocenters. The van der Waals surface area contributed by atoms with Crippen LogP contribution in [0, 0.1) is 7.14 Å². The summed E-state index contributed by atoms with van der Waals surface area (Å²) < 4.78 is 67.9. The second-order valence-corrected chi connectivity index (χ2v) is 9.08. The Morgan fingerprint density at radius 1 is 1.08 bits per heavy atom. The molecule has 1 aliphatic heterocycles. The van der Waals surface area contributed by atoms with Crippen molar-refractivity contribution in [1.29, 1.82) is 0 Å². The van der Waals surface area contributed by atoms with Gasteiger partial charge in [0.25, 0.3) is 10.1 Å². The Bertz CT molecular complexity index is 835. The van der Waals surface area contributed by atoms with Crippen molar-refractivity contribution < 1.29 is 52.1 Å². The average Bonchev–Trinajstić information content (AvgIpc) is 2.81. The van der Waals surface area contributed by atoms with Gasteiger partial charge in [0.05, 0.1) is 7.11 Å². The normalized spacial score (nSPS) is 12.7. The molecule has 0 fully saturated rings. The SMILES string of the molecule is COc1ccc2c(c1)-c1ccccc1[I+]2.O=S(=O)(O)CC(F)(F)F. The number of ether oxygens (including phenoxy) is 1. The molecule has 1 aliphatic rings. The number of benzene rings is 2. The van der Waals surface area contributed by atoms with E-state index in [1.807, 2.05) is 0 Å². The first kappa shape index (κ1) is 19.0. The number of rotatable bonds is 2. The lowest BCUT2D eigenvalue weighted by Crippen LogP contribution is -3.61. The summed E-state index contributed by atoms with van der Waals surface area (Å²) in [5.41, 5.74) is 2.77. The highest BCUT2D eigenvalue weighted by Gasteiger charge is 2.34. The number of alkyl halides is 3. The molecular formula is C15H13F3IO4S+. The van der Waals surface area contributed by atoms with Crippen LogP contribution in [0.1, 0.15) is 0 Å². The first-order valence-electron chi connectivity index (χ1n) is 6.53. The minimum Gasteiger partial charge on any atom is -0.497 e. The molecule has 0 unspecified atom stereocenters. The molecule has 1 N–H and O–H groups in total. The van der Waals surface area contributed by atoms with Gasteiger partial charge in [-0.2, -0.15) is 21.6 Å². The fourth-order valence-electron chi connectivity index (χ4n) is 2.00. The van der Waals surface area contributed by atoms with Gasteiger partial charge in [-0.15, -0.1) is 0 Å². The Morgan fingerprint density at radius 2 is 1.71 bits per heavy atom. The van der Waals surface area contributed by atoms with Gasteiger partial charge in [0.15, 0.2) is 5.75 Å². The highest BCUT2D eigenvalue weighted by molar-refractivity contribution is 7.85. The molecule has 0 amide bonds. The number of methoxy groups -OCH3 is 1. The summed E-state index contributed by atoms with van der Waals surface area (Å²) >= 11 is 0.0291. The van der Waals surface area contributed by atoms with E-state index in [1.165, 1.54) is 18.3 Å². The summed E-state index contributed by atoms with van der Waals surface area (Å²) in [5.74, 6) is -1.23. The maximum atomic E-state index is 11.0. The maximum Gasteiger partial charge on any atom is 0.405 e. The number of hydrogen-bond donors (Lipinski definition) is 1. The van der Waals surface area contributed by atoms with Crippen molar-refractivity contribution in [1.82, 2.24) is 0 Å². The average molecular weight is 473 g/mol. The summed E-state index contributed by atoms with van der Waals surface area (Å²) in [6.07, 6.45) is -4.85. The van der Waals surface area contributed by atoms with Gasteiger partial charge in [0.2, 0.25) is 7.14 Å². The molecule has 2 aromatic rings. The van der Waals surface area contributed by atoms with Gasteiger partial charge in [-0.3, -0.25) is 4.55 Å². The highest BCUT2D eigenvalue weighted by atomic mass is 127. The molecule has 3 rings (SSSR count). The zero-order chi connectivity index (χ0) is 18.0. The third kappa shape index (κ3) is 5.35. The van der Waals surface area contributed by atoms with Crippen molar-refractivity contribution in [2.45, 2.75) is 6.18 Å². The van der Waals surface area contributed by atoms with E-state index in [1.54, 1.807) is 7.11 Å². The molecule has 0 aliphatic carbocycles. The predicted molar refractivity (Wildman–Crippen MR) is 78.3 cm³/mol. The van der Waals surface area contributed by atoms with E-state index in [9.17, 15) is 21.6 Å². The molecule has 0 aromatic heterocycles. The van der Waals surface area contributed by atoms with Crippen molar-refractivity contribution in [3.8, 4) is 16.9 Å². The smallest absolute Gasteiger partial charge is 0.405 e. The van der Waals surface area contributed by atoms with E-state index in [0.717, 1.165) is 5.75 Å². The highest BCUT2D eigenvalue weighted by Crippen LogP contribution is 2.26. The van der Waals surface area contributed by atoms with Gasteiger partial charge in [0, 0.05) is 11.1 Å². The van der Waals surface area contributed by atoms with Crippen molar-refractivity contribution in [2.24, 2.45) is 0 Å². The summed E-state index contributed by atoms with van der Waals surface area (Å²) in [6, 6.07) is 15.1. The predicted octanol–water partition coefficient (Wildman–Crippen LogP) is 0.240. The summed E-state index contributed by atoms with van der Waals surface area (Å²) in [4.78, 5) is 0. The van der Waals surface area contributed by atoms with E-state index < -0.39 is 22.0 Å². The van der Waals surface area contributed by atoms with Crippen LogP contribution in [0.25, 0.3) is 11.1 Å². The maximum absolute atomic E-state index is 11.0. The van der Waals surface area contributed by atoms with Crippen LogP contribution in [0.15, 0.2) is 42.5 Å². The van der Waals surface area contributed by atoms with E-state index in [4.69, 9.17) is 9.29 Å². The van der Waals surface area contributed by atoms with Crippen LogP contribution in [-0.4, -0.2) is 32.0 Å². The van der Waals surface area contributed by atoms with E-state index in [0.29, 0.717) is 0 Å². The zero-order valence-corrected chi connectivity index (χ0v) is 15.3. The van der Waals surface area contributed by atoms with Crippen LogP contribution in [0.2, 0.25) is 0 Å². The first-order chi connectivity index (χ1) is 11.1. The molecule has 0 saturated heterocycles.